The first-order chi connectivity index (χ1) is 7.96. The van der Waals surface area contributed by atoms with Gasteiger partial charge in [0.25, 0.3) is 0 Å². The predicted molar refractivity (Wildman–Crippen MR) is 62.9 cm³/mol. The Morgan fingerprint density at radius 3 is 2.06 bits per heavy atom. The molecule has 0 spiro atoms. The molecule has 0 aromatic carbocycles. The van der Waals surface area contributed by atoms with Gasteiger partial charge in [0.2, 0.25) is 11.8 Å². The largest absolute Gasteiger partial charge is 0.328 e. The molecule has 1 heterocycles. The van der Waals surface area contributed by atoms with Crippen molar-refractivity contribution in [1.29, 1.82) is 0 Å². The van der Waals surface area contributed by atoms with Crippen LogP contribution >= 0.6 is 0 Å². The van der Waals surface area contributed by atoms with Crippen LogP contribution in [0.1, 0.15) is 39.5 Å². The van der Waals surface area contributed by atoms with Crippen molar-refractivity contribution in [3.63, 3.8) is 0 Å². The van der Waals surface area contributed by atoms with Gasteiger partial charge in [-0.15, -0.1) is 0 Å². The van der Waals surface area contributed by atoms with Crippen LogP contribution < -0.4 is 5.73 Å². The number of carbonyl (C=O) groups excluding carboxylic acids is 2. The molecule has 1 aliphatic heterocycles. The highest BCUT2D eigenvalue weighted by Crippen LogP contribution is 2.64. The number of likely N-dealkylation sites (tertiary alicyclic amines) is 1. The van der Waals surface area contributed by atoms with E-state index in [1.807, 2.05) is 13.8 Å². The molecule has 2 saturated carbocycles. The minimum atomic E-state index is -0.350. The average Bonchev–Trinajstić information content (AvgIpc) is 2.65. The number of fused-ring (bicyclic) bond motifs is 1. The van der Waals surface area contributed by atoms with Gasteiger partial charge in [-0.1, -0.05) is 26.7 Å². The number of nitrogens with zero attached hydrogens (tertiary/aromatic N) is 1. The van der Waals surface area contributed by atoms with Crippen LogP contribution in [0.3, 0.4) is 0 Å². The molecule has 2 aliphatic carbocycles. The van der Waals surface area contributed by atoms with Gasteiger partial charge in [-0.3, -0.25) is 14.5 Å². The maximum Gasteiger partial charge on any atom is 0.234 e. The third kappa shape index (κ3) is 1.17. The van der Waals surface area contributed by atoms with Crippen LogP contribution in [0.25, 0.3) is 0 Å². The van der Waals surface area contributed by atoms with Crippen LogP contribution in [0, 0.1) is 17.3 Å². The lowest BCUT2D eigenvalue weighted by atomic mass is 9.93. The van der Waals surface area contributed by atoms with Crippen molar-refractivity contribution >= 4 is 11.8 Å². The summed E-state index contributed by atoms with van der Waals surface area (Å²) in [6.45, 7) is 4.45. The summed E-state index contributed by atoms with van der Waals surface area (Å²) in [5.41, 5.74) is 5.39. The molecule has 0 aromatic heterocycles. The van der Waals surface area contributed by atoms with Crippen molar-refractivity contribution in [2.45, 2.75) is 45.1 Å². The van der Waals surface area contributed by atoms with Gasteiger partial charge in [0.05, 0.1) is 17.4 Å². The van der Waals surface area contributed by atoms with E-state index >= 15 is 0 Å². The number of carbonyl (C=O) groups is 2. The molecule has 0 bridgehead atoms. The zero-order valence-electron chi connectivity index (χ0n) is 10.5. The Kier molecular flexibility index (Phi) is 2.05. The second-order valence-electron chi connectivity index (χ2n) is 6.42. The van der Waals surface area contributed by atoms with E-state index in [0.29, 0.717) is 6.54 Å². The van der Waals surface area contributed by atoms with E-state index in [0.717, 1.165) is 25.7 Å². The van der Waals surface area contributed by atoms with Gasteiger partial charge in [0.15, 0.2) is 0 Å². The first kappa shape index (κ1) is 11.2. The lowest BCUT2D eigenvalue weighted by molar-refractivity contribution is -0.150. The van der Waals surface area contributed by atoms with Crippen molar-refractivity contribution in [3.8, 4) is 0 Å². The monoisotopic (exact) mass is 236 g/mol. The fourth-order valence-corrected chi connectivity index (χ4v) is 3.97. The number of amides is 2. The van der Waals surface area contributed by atoms with Gasteiger partial charge in [-0.2, -0.15) is 0 Å². The number of hydrogen-bond donors (Lipinski definition) is 1. The molecule has 3 aliphatic rings. The molecule has 94 valence electrons. The molecule has 2 amide bonds. The summed E-state index contributed by atoms with van der Waals surface area (Å²) in [7, 11) is 0. The van der Waals surface area contributed by atoms with Crippen LogP contribution in [0.2, 0.25) is 0 Å². The van der Waals surface area contributed by atoms with Crippen LogP contribution in [0.5, 0.6) is 0 Å². The summed E-state index contributed by atoms with van der Waals surface area (Å²) in [6, 6.07) is 0. The summed E-state index contributed by atoms with van der Waals surface area (Å²) in [4.78, 5) is 26.3. The van der Waals surface area contributed by atoms with Crippen LogP contribution in [-0.4, -0.2) is 28.8 Å². The first-order valence-corrected chi connectivity index (χ1v) is 6.54. The fraction of sp³-hybridized carbons (Fsp3) is 0.846. The molecule has 4 nitrogen and oxygen atoms in total. The van der Waals surface area contributed by atoms with Crippen molar-refractivity contribution in [3.05, 3.63) is 0 Å². The molecule has 2 atom stereocenters. The molecule has 0 aromatic rings. The number of piperidine rings is 1. The highest BCUT2D eigenvalue weighted by molar-refractivity contribution is 6.11. The standard InChI is InChI=1S/C13H20N2O2/c1-12(2)8-9(12)11(17)15(10(8)16)13(7-14)5-3-4-6-13/h8-9H,3-7,14H2,1-2H3. The highest BCUT2D eigenvalue weighted by atomic mass is 16.2. The predicted octanol–water partition coefficient (Wildman–Crippen LogP) is 0.899. The van der Waals surface area contributed by atoms with E-state index in [1.165, 1.54) is 0 Å². The first-order valence-electron chi connectivity index (χ1n) is 6.54. The minimum absolute atomic E-state index is 0.0392. The van der Waals surface area contributed by atoms with Gasteiger partial charge in [0.1, 0.15) is 0 Å². The van der Waals surface area contributed by atoms with Gasteiger partial charge in [-0.25, -0.2) is 0 Å². The zero-order valence-corrected chi connectivity index (χ0v) is 10.5. The van der Waals surface area contributed by atoms with Crippen molar-refractivity contribution in [2.75, 3.05) is 6.54 Å². The lowest BCUT2D eigenvalue weighted by Gasteiger charge is -2.38. The molecular weight excluding hydrogens is 216 g/mol. The topological polar surface area (TPSA) is 63.4 Å². The number of imide groups is 1. The molecular formula is C13H20N2O2. The summed E-state index contributed by atoms with van der Waals surface area (Å²) in [6.07, 6.45) is 3.93. The van der Waals surface area contributed by atoms with E-state index in [-0.39, 0.29) is 34.6 Å². The van der Waals surface area contributed by atoms with Gasteiger partial charge in [0, 0.05) is 6.54 Å². The average molecular weight is 236 g/mol. The molecule has 3 rings (SSSR count). The molecule has 2 unspecified atom stereocenters. The quantitative estimate of drug-likeness (QED) is 0.724. The van der Waals surface area contributed by atoms with Crippen LogP contribution in [-0.2, 0) is 9.59 Å². The Hall–Kier alpha value is -0.900. The van der Waals surface area contributed by atoms with Gasteiger partial charge >= 0.3 is 0 Å². The van der Waals surface area contributed by atoms with Crippen molar-refractivity contribution < 1.29 is 9.59 Å². The molecule has 3 fully saturated rings. The third-order valence-corrected chi connectivity index (χ3v) is 5.19. The fourth-order valence-electron chi connectivity index (χ4n) is 3.97. The molecule has 0 radical (unpaired) electrons. The Morgan fingerprint density at radius 2 is 1.65 bits per heavy atom. The van der Waals surface area contributed by atoms with E-state index in [9.17, 15) is 9.59 Å². The number of nitrogens with two attached hydrogens (primary N) is 1. The number of hydrogen-bond acceptors (Lipinski definition) is 3. The smallest absolute Gasteiger partial charge is 0.234 e. The molecule has 2 N–H and O–H groups in total. The molecule has 17 heavy (non-hydrogen) atoms. The Balaban J connectivity index is 1.92. The van der Waals surface area contributed by atoms with Gasteiger partial charge < -0.3 is 5.73 Å². The second-order valence-corrected chi connectivity index (χ2v) is 6.42. The second kappa shape index (κ2) is 3.10. The summed E-state index contributed by atoms with van der Waals surface area (Å²) in [5, 5.41) is 0. The van der Waals surface area contributed by atoms with E-state index in [2.05, 4.69) is 0 Å². The number of rotatable bonds is 2. The van der Waals surface area contributed by atoms with Crippen LogP contribution in [0.15, 0.2) is 0 Å². The summed E-state index contributed by atoms with van der Waals surface area (Å²) < 4.78 is 0. The zero-order chi connectivity index (χ0) is 12.4. The summed E-state index contributed by atoms with van der Waals surface area (Å²) >= 11 is 0. The summed E-state index contributed by atoms with van der Waals surface area (Å²) in [5.74, 6) is -0.0623. The van der Waals surface area contributed by atoms with Gasteiger partial charge in [-0.05, 0) is 18.3 Å². The Labute approximate surface area is 102 Å². The van der Waals surface area contributed by atoms with Crippen molar-refractivity contribution in [2.24, 2.45) is 23.0 Å². The maximum atomic E-state index is 12.4. The van der Waals surface area contributed by atoms with Crippen LogP contribution in [0.4, 0.5) is 0 Å². The normalized spacial score (nSPS) is 37.5. The Morgan fingerprint density at radius 1 is 1.18 bits per heavy atom. The maximum absolute atomic E-state index is 12.4. The van der Waals surface area contributed by atoms with E-state index in [4.69, 9.17) is 5.73 Å². The van der Waals surface area contributed by atoms with E-state index < -0.39 is 0 Å². The van der Waals surface area contributed by atoms with E-state index in [1.54, 1.807) is 4.90 Å². The molecule has 4 heteroatoms. The van der Waals surface area contributed by atoms with Crippen molar-refractivity contribution in [1.82, 2.24) is 4.90 Å². The molecule has 1 saturated heterocycles. The highest BCUT2D eigenvalue weighted by Gasteiger charge is 2.74. The SMILES string of the molecule is CC1(C)C2C(=O)N(C3(CN)CCCC3)C(=O)C21. The Bertz CT molecular complexity index is 372. The third-order valence-electron chi connectivity index (χ3n) is 5.19. The minimum Gasteiger partial charge on any atom is -0.328 e. The lowest BCUT2D eigenvalue weighted by Crippen LogP contribution is -2.56.